The van der Waals surface area contributed by atoms with Crippen LogP contribution in [-0.4, -0.2) is 22.9 Å². The van der Waals surface area contributed by atoms with E-state index in [-0.39, 0.29) is 12.5 Å². The summed E-state index contributed by atoms with van der Waals surface area (Å²) in [5, 5.41) is 18.5. The van der Waals surface area contributed by atoms with E-state index in [4.69, 9.17) is 5.11 Å². The molecule has 2 nitrogen and oxygen atoms in total. The Morgan fingerprint density at radius 2 is 1.86 bits per heavy atom. The molecule has 0 amide bonds. The second-order valence-corrected chi connectivity index (χ2v) is 3.75. The van der Waals surface area contributed by atoms with Gasteiger partial charge in [0.1, 0.15) is 0 Å². The van der Waals surface area contributed by atoms with E-state index in [0.29, 0.717) is 6.42 Å². The van der Waals surface area contributed by atoms with Gasteiger partial charge in [-0.25, -0.2) is 0 Å². The van der Waals surface area contributed by atoms with Crippen LogP contribution in [-0.2, 0) is 6.42 Å². The number of aliphatic hydroxyl groups is 2. The smallest absolute Gasteiger partial charge is 0.0590 e. The first-order chi connectivity index (χ1) is 6.74. The lowest BCUT2D eigenvalue weighted by molar-refractivity contribution is 0.0709. The summed E-state index contributed by atoms with van der Waals surface area (Å²) < 4.78 is 0. The quantitative estimate of drug-likeness (QED) is 0.747. The van der Waals surface area contributed by atoms with Gasteiger partial charge in [0.2, 0.25) is 0 Å². The molecule has 0 fully saturated rings. The number of benzene rings is 1. The van der Waals surface area contributed by atoms with E-state index in [0.717, 1.165) is 6.42 Å². The molecule has 0 unspecified atom stereocenters. The number of aliphatic hydroxyl groups excluding tert-OH is 2. The first-order valence-corrected chi connectivity index (χ1v) is 5.07. The van der Waals surface area contributed by atoms with Gasteiger partial charge in [-0.3, -0.25) is 0 Å². The minimum atomic E-state index is -0.403. The van der Waals surface area contributed by atoms with E-state index >= 15 is 0 Å². The van der Waals surface area contributed by atoms with Crippen molar-refractivity contribution < 1.29 is 10.2 Å². The summed E-state index contributed by atoms with van der Waals surface area (Å²) in [6.45, 7) is 1.91. The van der Waals surface area contributed by atoms with Gasteiger partial charge in [-0.15, -0.1) is 0 Å². The van der Waals surface area contributed by atoms with Crippen molar-refractivity contribution >= 4 is 0 Å². The van der Waals surface area contributed by atoms with Crippen molar-refractivity contribution in [2.75, 3.05) is 6.61 Å². The summed E-state index contributed by atoms with van der Waals surface area (Å²) >= 11 is 0. The number of hydrogen-bond acceptors (Lipinski definition) is 2. The van der Waals surface area contributed by atoms with Gasteiger partial charge in [-0.2, -0.15) is 0 Å². The predicted octanol–water partition coefficient (Wildman–Crippen LogP) is 1.61. The summed E-state index contributed by atoms with van der Waals surface area (Å²) in [6.07, 6.45) is 1.18. The maximum atomic E-state index is 9.62. The largest absolute Gasteiger partial charge is 0.396 e. The van der Waals surface area contributed by atoms with Gasteiger partial charge in [0, 0.05) is 12.5 Å². The molecule has 0 aliphatic heterocycles. The molecular formula is C12H18O2. The first-order valence-electron chi connectivity index (χ1n) is 5.07. The van der Waals surface area contributed by atoms with Gasteiger partial charge in [0.15, 0.2) is 0 Å². The number of aryl methyl sites for hydroxylation is 1. The summed E-state index contributed by atoms with van der Waals surface area (Å²) in [5.41, 5.74) is 1.23. The fourth-order valence-corrected chi connectivity index (χ4v) is 1.37. The van der Waals surface area contributed by atoms with E-state index in [1.807, 2.05) is 25.1 Å². The maximum Gasteiger partial charge on any atom is 0.0590 e. The monoisotopic (exact) mass is 194 g/mol. The molecule has 0 bridgehead atoms. The van der Waals surface area contributed by atoms with Crippen molar-refractivity contribution in [2.45, 2.75) is 25.9 Å². The molecule has 0 spiro atoms. The van der Waals surface area contributed by atoms with Crippen molar-refractivity contribution in [3.63, 3.8) is 0 Å². The van der Waals surface area contributed by atoms with Crippen LogP contribution in [0.2, 0.25) is 0 Å². The molecule has 0 saturated heterocycles. The summed E-state index contributed by atoms with van der Waals surface area (Å²) in [7, 11) is 0. The minimum absolute atomic E-state index is 0.0290. The molecule has 2 heteroatoms. The molecule has 14 heavy (non-hydrogen) atoms. The maximum absolute atomic E-state index is 9.62. The van der Waals surface area contributed by atoms with Gasteiger partial charge >= 0.3 is 0 Å². The van der Waals surface area contributed by atoms with E-state index in [1.54, 1.807) is 0 Å². The van der Waals surface area contributed by atoms with E-state index in [1.165, 1.54) is 5.56 Å². The molecule has 1 aromatic rings. The van der Waals surface area contributed by atoms with Gasteiger partial charge < -0.3 is 10.2 Å². The second-order valence-electron chi connectivity index (χ2n) is 3.75. The van der Waals surface area contributed by atoms with Crippen LogP contribution in [0.3, 0.4) is 0 Å². The highest BCUT2D eigenvalue weighted by molar-refractivity contribution is 5.14. The zero-order valence-electron chi connectivity index (χ0n) is 8.56. The third kappa shape index (κ3) is 3.48. The average Bonchev–Trinajstić information content (AvgIpc) is 2.26. The Bertz CT molecular complexity index is 246. The highest BCUT2D eigenvalue weighted by atomic mass is 16.3. The van der Waals surface area contributed by atoms with E-state index in [2.05, 4.69) is 12.1 Å². The lowest BCUT2D eigenvalue weighted by Crippen LogP contribution is -2.21. The van der Waals surface area contributed by atoms with Crippen molar-refractivity contribution in [3.05, 3.63) is 35.9 Å². The number of rotatable bonds is 5. The molecule has 0 aliphatic carbocycles. The van der Waals surface area contributed by atoms with Crippen LogP contribution in [0.1, 0.15) is 18.9 Å². The topological polar surface area (TPSA) is 40.5 Å². The van der Waals surface area contributed by atoms with Crippen LogP contribution in [0.15, 0.2) is 30.3 Å². The standard InChI is InChI=1S/C12H18O2/c1-10(9-13)12(14)8-7-11-5-3-2-4-6-11/h2-6,10,12-14H,7-9H2,1H3/t10-,12+/m1/s1. The first kappa shape index (κ1) is 11.2. The van der Waals surface area contributed by atoms with Crippen molar-refractivity contribution in [1.82, 2.24) is 0 Å². The highest BCUT2D eigenvalue weighted by Gasteiger charge is 2.12. The molecule has 1 aromatic carbocycles. The Hall–Kier alpha value is -0.860. The Balaban J connectivity index is 2.34. The lowest BCUT2D eigenvalue weighted by Gasteiger charge is -2.15. The van der Waals surface area contributed by atoms with Crippen LogP contribution in [0.4, 0.5) is 0 Å². The van der Waals surface area contributed by atoms with E-state index in [9.17, 15) is 5.11 Å². The van der Waals surface area contributed by atoms with Gasteiger partial charge in [-0.05, 0) is 18.4 Å². The molecule has 0 aromatic heterocycles. The van der Waals surface area contributed by atoms with Crippen LogP contribution >= 0.6 is 0 Å². The minimum Gasteiger partial charge on any atom is -0.396 e. The second kappa shape index (κ2) is 5.78. The molecule has 0 heterocycles. The van der Waals surface area contributed by atoms with Crippen LogP contribution in [0.25, 0.3) is 0 Å². The fraction of sp³-hybridized carbons (Fsp3) is 0.500. The average molecular weight is 194 g/mol. The Morgan fingerprint density at radius 3 is 2.43 bits per heavy atom. The molecule has 0 aliphatic rings. The van der Waals surface area contributed by atoms with E-state index < -0.39 is 6.10 Å². The Labute approximate surface area is 85.2 Å². The lowest BCUT2D eigenvalue weighted by atomic mass is 9.99. The van der Waals surface area contributed by atoms with Crippen molar-refractivity contribution in [3.8, 4) is 0 Å². The molecule has 1 rings (SSSR count). The van der Waals surface area contributed by atoms with Crippen LogP contribution in [0, 0.1) is 5.92 Å². The van der Waals surface area contributed by atoms with Crippen molar-refractivity contribution in [1.29, 1.82) is 0 Å². The third-order valence-electron chi connectivity index (χ3n) is 2.52. The zero-order valence-corrected chi connectivity index (χ0v) is 8.56. The molecule has 2 N–H and O–H groups in total. The molecule has 0 radical (unpaired) electrons. The normalized spacial score (nSPS) is 15.1. The summed E-state index contributed by atoms with van der Waals surface area (Å²) in [4.78, 5) is 0. The Morgan fingerprint density at radius 1 is 1.21 bits per heavy atom. The van der Waals surface area contributed by atoms with Gasteiger partial charge in [0.25, 0.3) is 0 Å². The third-order valence-corrected chi connectivity index (χ3v) is 2.52. The van der Waals surface area contributed by atoms with Crippen molar-refractivity contribution in [2.24, 2.45) is 5.92 Å². The molecule has 0 saturated carbocycles. The highest BCUT2D eigenvalue weighted by Crippen LogP contribution is 2.10. The molecule has 2 atom stereocenters. The van der Waals surface area contributed by atoms with Gasteiger partial charge in [-0.1, -0.05) is 37.3 Å². The predicted molar refractivity (Wildman–Crippen MR) is 57.0 cm³/mol. The molecular weight excluding hydrogens is 176 g/mol. The summed E-state index contributed by atoms with van der Waals surface area (Å²) in [5.74, 6) is -0.0290. The Kier molecular flexibility index (Phi) is 4.63. The zero-order chi connectivity index (χ0) is 10.4. The fourth-order valence-electron chi connectivity index (χ4n) is 1.37. The van der Waals surface area contributed by atoms with Crippen LogP contribution in [0.5, 0.6) is 0 Å². The van der Waals surface area contributed by atoms with Gasteiger partial charge in [0.05, 0.1) is 6.10 Å². The SMILES string of the molecule is C[C@H](CO)[C@@H](O)CCc1ccccc1. The molecule has 78 valence electrons. The summed E-state index contributed by atoms with van der Waals surface area (Å²) in [6, 6.07) is 10.1. The number of hydrogen-bond donors (Lipinski definition) is 2. The van der Waals surface area contributed by atoms with Crippen LogP contribution < -0.4 is 0 Å².